The van der Waals surface area contributed by atoms with E-state index >= 15 is 0 Å². The highest BCUT2D eigenvalue weighted by molar-refractivity contribution is 7.80. The monoisotopic (exact) mass is 230 g/mol. The number of rotatable bonds is 3. The van der Waals surface area contributed by atoms with Crippen LogP contribution >= 0.6 is 35.5 Å². The second-order valence-corrected chi connectivity index (χ2v) is 4.17. The highest BCUT2D eigenvalue weighted by Crippen LogP contribution is 2.17. The van der Waals surface area contributed by atoms with E-state index in [1.807, 2.05) is 16.8 Å². The second-order valence-electron chi connectivity index (χ2n) is 2.28. The molecule has 0 spiro atoms. The van der Waals surface area contributed by atoms with Crippen LogP contribution in [0.3, 0.4) is 0 Å². The number of nitrogens with zero attached hydrogens (tertiary/aromatic N) is 2. The van der Waals surface area contributed by atoms with Crippen LogP contribution in [0.25, 0.3) is 0 Å². The summed E-state index contributed by atoms with van der Waals surface area (Å²) in [6, 6.07) is 2.02. The smallest absolute Gasteiger partial charge is 0.294 e. The van der Waals surface area contributed by atoms with Gasteiger partial charge in [0.15, 0.2) is 0 Å². The van der Waals surface area contributed by atoms with Crippen molar-refractivity contribution in [3.05, 3.63) is 22.4 Å². The van der Waals surface area contributed by atoms with Crippen molar-refractivity contribution in [3.8, 4) is 5.19 Å². The average Bonchev–Trinajstić information content (AvgIpc) is 2.71. The number of hydrogen-bond acceptors (Lipinski definition) is 6. The van der Waals surface area contributed by atoms with Gasteiger partial charge in [0, 0.05) is 17.1 Å². The number of aromatic nitrogens is 2. The Morgan fingerprint density at radius 2 is 2.46 bits per heavy atom. The maximum Gasteiger partial charge on any atom is 0.294 e. The van der Waals surface area contributed by atoms with Crippen LogP contribution in [0.2, 0.25) is 0 Å². The summed E-state index contributed by atoms with van der Waals surface area (Å²) in [6.45, 7) is 0.548. The summed E-state index contributed by atoms with van der Waals surface area (Å²) in [6.07, 6.45) is 0. The van der Waals surface area contributed by atoms with Gasteiger partial charge in [0.2, 0.25) is 5.16 Å². The molecule has 13 heavy (non-hydrogen) atoms. The number of thiol groups is 1. The molecule has 0 radical (unpaired) electrons. The maximum atomic E-state index is 5.37. The van der Waals surface area contributed by atoms with Crippen molar-refractivity contribution in [3.63, 3.8) is 0 Å². The Kier molecular flexibility index (Phi) is 2.82. The van der Waals surface area contributed by atoms with E-state index in [4.69, 9.17) is 4.74 Å². The van der Waals surface area contributed by atoms with Gasteiger partial charge >= 0.3 is 0 Å². The molecule has 68 valence electrons. The van der Waals surface area contributed by atoms with Crippen LogP contribution in [0.1, 0.15) is 5.56 Å². The molecule has 0 aliphatic carbocycles. The third kappa shape index (κ3) is 2.43. The SMILES string of the molecule is Sc1nsc(OCc2ccsc2)n1. The summed E-state index contributed by atoms with van der Waals surface area (Å²) in [4.78, 5) is 3.96. The maximum absolute atomic E-state index is 5.37. The van der Waals surface area contributed by atoms with Crippen molar-refractivity contribution < 1.29 is 4.74 Å². The quantitative estimate of drug-likeness (QED) is 0.823. The first-order valence-electron chi connectivity index (χ1n) is 3.51. The lowest BCUT2D eigenvalue weighted by Crippen LogP contribution is -1.92. The largest absolute Gasteiger partial charge is 0.464 e. The molecule has 2 aromatic heterocycles. The molecule has 0 aliphatic heterocycles. The molecule has 0 unspecified atom stereocenters. The highest BCUT2D eigenvalue weighted by atomic mass is 32.1. The van der Waals surface area contributed by atoms with Gasteiger partial charge in [0.05, 0.1) is 0 Å². The van der Waals surface area contributed by atoms with Gasteiger partial charge in [0.25, 0.3) is 5.19 Å². The highest BCUT2D eigenvalue weighted by Gasteiger charge is 2.01. The third-order valence-corrected chi connectivity index (χ3v) is 3.04. The minimum absolute atomic E-state index is 0.463. The van der Waals surface area contributed by atoms with Gasteiger partial charge in [0.1, 0.15) is 6.61 Å². The molecule has 2 aromatic rings. The van der Waals surface area contributed by atoms with E-state index in [1.165, 1.54) is 11.5 Å². The Labute approximate surface area is 89.0 Å². The van der Waals surface area contributed by atoms with Gasteiger partial charge in [-0.3, -0.25) is 0 Å². The van der Waals surface area contributed by atoms with Gasteiger partial charge in [-0.15, -0.1) is 12.6 Å². The van der Waals surface area contributed by atoms with Crippen LogP contribution in [0, 0.1) is 0 Å². The minimum Gasteiger partial charge on any atom is -0.464 e. The minimum atomic E-state index is 0.463. The van der Waals surface area contributed by atoms with E-state index in [-0.39, 0.29) is 0 Å². The summed E-state index contributed by atoms with van der Waals surface area (Å²) < 4.78 is 9.26. The Balaban J connectivity index is 1.93. The van der Waals surface area contributed by atoms with Crippen LogP contribution in [-0.4, -0.2) is 9.36 Å². The predicted octanol–water partition coefficient (Wildman–Crippen LogP) is 2.47. The fraction of sp³-hybridized carbons (Fsp3) is 0.143. The molecule has 3 nitrogen and oxygen atoms in total. The van der Waals surface area contributed by atoms with E-state index in [0.29, 0.717) is 17.0 Å². The van der Waals surface area contributed by atoms with Crippen LogP contribution in [0.5, 0.6) is 5.19 Å². The van der Waals surface area contributed by atoms with Crippen LogP contribution < -0.4 is 4.74 Å². The summed E-state index contributed by atoms with van der Waals surface area (Å²) in [5, 5.41) is 5.09. The molecule has 0 fully saturated rings. The first-order chi connectivity index (χ1) is 6.34. The standard InChI is InChI=1S/C7H6N2OS3/c11-6-8-7(13-9-6)10-3-5-1-2-12-4-5/h1-2,4H,3H2,(H,9,11). The zero-order valence-corrected chi connectivity index (χ0v) is 9.03. The number of hydrogen-bond donors (Lipinski definition) is 1. The lowest BCUT2D eigenvalue weighted by molar-refractivity contribution is 0.303. The van der Waals surface area contributed by atoms with Gasteiger partial charge < -0.3 is 4.74 Å². The van der Waals surface area contributed by atoms with Crippen molar-refractivity contribution in [1.29, 1.82) is 0 Å². The Morgan fingerprint density at radius 1 is 1.54 bits per heavy atom. The first-order valence-corrected chi connectivity index (χ1v) is 5.67. The van der Waals surface area contributed by atoms with Gasteiger partial charge in [-0.1, -0.05) is 0 Å². The molecular weight excluding hydrogens is 224 g/mol. The molecule has 2 rings (SSSR count). The van der Waals surface area contributed by atoms with Crippen LogP contribution in [0.4, 0.5) is 0 Å². The number of thiophene rings is 1. The van der Waals surface area contributed by atoms with E-state index in [9.17, 15) is 0 Å². The summed E-state index contributed by atoms with van der Waals surface area (Å²) >= 11 is 6.85. The fourth-order valence-electron chi connectivity index (χ4n) is 0.781. The molecule has 0 bridgehead atoms. The molecule has 0 aliphatic rings. The second kappa shape index (κ2) is 4.08. The lowest BCUT2D eigenvalue weighted by atomic mass is 10.4. The Bertz CT molecular complexity index is 371. The summed E-state index contributed by atoms with van der Waals surface area (Å²) in [5.74, 6) is 0. The van der Waals surface area contributed by atoms with Gasteiger partial charge in [-0.05, 0) is 16.8 Å². The molecule has 0 aromatic carbocycles. The normalized spacial score (nSPS) is 10.2. The van der Waals surface area contributed by atoms with E-state index in [1.54, 1.807) is 11.3 Å². The Morgan fingerprint density at radius 3 is 3.08 bits per heavy atom. The van der Waals surface area contributed by atoms with E-state index in [0.717, 1.165) is 5.56 Å². The molecule has 6 heteroatoms. The van der Waals surface area contributed by atoms with E-state index < -0.39 is 0 Å². The predicted molar refractivity (Wildman–Crippen MR) is 55.8 cm³/mol. The summed E-state index contributed by atoms with van der Waals surface area (Å²) in [7, 11) is 0. The summed E-state index contributed by atoms with van der Waals surface area (Å²) in [5.41, 5.74) is 1.15. The number of ether oxygens (including phenoxy) is 1. The fourth-order valence-corrected chi connectivity index (χ4v) is 2.15. The molecule has 0 atom stereocenters. The van der Waals surface area contributed by atoms with Crippen molar-refractivity contribution >= 4 is 35.5 Å². The third-order valence-electron chi connectivity index (χ3n) is 1.34. The molecule has 0 amide bonds. The molecule has 0 saturated carbocycles. The zero-order valence-electron chi connectivity index (χ0n) is 6.51. The zero-order chi connectivity index (χ0) is 9.10. The lowest BCUT2D eigenvalue weighted by Gasteiger charge is -1.97. The van der Waals surface area contributed by atoms with Crippen LogP contribution in [0.15, 0.2) is 22.0 Å². The van der Waals surface area contributed by atoms with Crippen LogP contribution in [-0.2, 0) is 6.61 Å². The van der Waals surface area contributed by atoms with E-state index in [2.05, 4.69) is 22.0 Å². The molecule has 0 N–H and O–H groups in total. The van der Waals surface area contributed by atoms with Gasteiger partial charge in [-0.25, -0.2) is 0 Å². The molecule has 2 heterocycles. The first kappa shape index (κ1) is 8.98. The average molecular weight is 230 g/mol. The Hall–Kier alpha value is -0.590. The van der Waals surface area contributed by atoms with Gasteiger partial charge in [-0.2, -0.15) is 20.7 Å². The van der Waals surface area contributed by atoms with Crippen molar-refractivity contribution in [2.75, 3.05) is 0 Å². The van der Waals surface area contributed by atoms with Crippen molar-refractivity contribution in [1.82, 2.24) is 9.36 Å². The topological polar surface area (TPSA) is 35.0 Å². The molecule has 0 saturated heterocycles. The van der Waals surface area contributed by atoms with Crippen molar-refractivity contribution in [2.24, 2.45) is 0 Å². The molecular formula is C7H6N2OS3. The van der Waals surface area contributed by atoms with Crippen molar-refractivity contribution in [2.45, 2.75) is 11.8 Å².